The number of benzene rings is 2. The maximum atomic E-state index is 12.7. The zero-order valence-corrected chi connectivity index (χ0v) is 13.6. The molecule has 1 aliphatic heterocycles. The van der Waals surface area contributed by atoms with E-state index in [9.17, 15) is 8.42 Å². The number of sulfonamides is 1. The first kappa shape index (κ1) is 15.3. The third-order valence-electron chi connectivity index (χ3n) is 4.22. The monoisotopic (exact) mass is 315 g/mol. The van der Waals surface area contributed by atoms with Crippen LogP contribution >= 0.6 is 0 Å². The van der Waals surface area contributed by atoms with Crippen LogP contribution in [0.4, 0.5) is 0 Å². The fourth-order valence-electron chi connectivity index (χ4n) is 2.96. The van der Waals surface area contributed by atoms with Crippen LogP contribution in [0.15, 0.2) is 59.5 Å². The second-order valence-electron chi connectivity index (χ2n) is 6.00. The smallest absolute Gasteiger partial charge is 0.207 e. The molecule has 2 aromatic rings. The Balaban J connectivity index is 1.86. The third kappa shape index (κ3) is 3.08. The molecule has 0 N–H and O–H groups in total. The summed E-state index contributed by atoms with van der Waals surface area (Å²) in [6.07, 6.45) is 2.06. The lowest BCUT2D eigenvalue weighted by Crippen LogP contribution is -2.39. The largest absolute Gasteiger partial charge is 0.243 e. The Morgan fingerprint density at radius 1 is 0.955 bits per heavy atom. The predicted molar refractivity (Wildman–Crippen MR) is 89.0 cm³/mol. The minimum absolute atomic E-state index is 0.390. The maximum absolute atomic E-state index is 12.7. The van der Waals surface area contributed by atoms with Crippen LogP contribution in [0.25, 0.3) is 11.1 Å². The van der Waals surface area contributed by atoms with Gasteiger partial charge in [-0.1, -0.05) is 49.4 Å². The highest BCUT2D eigenvalue weighted by molar-refractivity contribution is 7.89. The van der Waals surface area contributed by atoms with Crippen molar-refractivity contribution in [3.8, 4) is 11.1 Å². The summed E-state index contributed by atoms with van der Waals surface area (Å²) in [7, 11) is -3.36. The van der Waals surface area contributed by atoms with E-state index in [1.54, 1.807) is 16.4 Å². The Labute approximate surface area is 132 Å². The highest BCUT2D eigenvalue weighted by Crippen LogP contribution is 2.26. The number of hydrogen-bond acceptors (Lipinski definition) is 2. The van der Waals surface area contributed by atoms with Gasteiger partial charge in [0.25, 0.3) is 0 Å². The van der Waals surface area contributed by atoms with Crippen molar-refractivity contribution in [1.29, 1.82) is 0 Å². The van der Waals surface area contributed by atoms with Crippen molar-refractivity contribution in [2.24, 2.45) is 5.92 Å². The molecule has 1 unspecified atom stereocenters. The van der Waals surface area contributed by atoms with Crippen molar-refractivity contribution in [3.05, 3.63) is 54.6 Å². The van der Waals surface area contributed by atoms with Gasteiger partial charge in [-0.25, -0.2) is 8.42 Å². The Morgan fingerprint density at radius 2 is 1.59 bits per heavy atom. The standard InChI is InChI=1S/C18H21NO2S/c1-15-6-5-13-19(14-15)22(20,21)18-11-9-17(10-12-18)16-7-3-2-4-8-16/h2-4,7-12,15H,5-6,13-14H2,1H3. The van der Waals surface area contributed by atoms with Crippen LogP contribution in [0.1, 0.15) is 19.8 Å². The molecular formula is C18H21NO2S. The van der Waals surface area contributed by atoms with Gasteiger partial charge in [-0.05, 0) is 42.0 Å². The fraction of sp³-hybridized carbons (Fsp3) is 0.333. The van der Waals surface area contributed by atoms with Crippen LogP contribution in [0.2, 0.25) is 0 Å². The summed E-state index contributed by atoms with van der Waals surface area (Å²) < 4.78 is 27.0. The van der Waals surface area contributed by atoms with Gasteiger partial charge >= 0.3 is 0 Å². The van der Waals surface area contributed by atoms with Gasteiger partial charge in [0.1, 0.15) is 0 Å². The quantitative estimate of drug-likeness (QED) is 0.864. The molecule has 3 rings (SSSR count). The zero-order valence-electron chi connectivity index (χ0n) is 12.8. The summed E-state index contributed by atoms with van der Waals surface area (Å²) in [5.41, 5.74) is 2.13. The molecule has 0 aromatic heterocycles. The van der Waals surface area contributed by atoms with Crippen LogP contribution in [-0.2, 0) is 10.0 Å². The zero-order chi connectivity index (χ0) is 15.6. The summed E-state index contributed by atoms with van der Waals surface area (Å²) in [6, 6.07) is 17.2. The average molecular weight is 315 g/mol. The molecule has 0 spiro atoms. The van der Waals surface area contributed by atoms with Crippen LogP contribution < -0.4 is 0 Å². The molecule has 0 saturated carbocycles. The summed E-state index contributed by atoms with van der Waals surface area (Å²) >= 11 is 0. The second-order valence-corrected chi connectivity index (χ2v) is 7.94. The molecular weight excluding hydrogens is 294 g/mol. The van der Waals surface area contributed by atoms with Crippen molar-refractivity contribution in [1.82, 2.24) is 4.31 Å². The molecule has 1 saturated heterocycles. The highest BCUT2D eigenvalue weighted by atomic mass is 32.2. The Hall–Kier alpha value is -1.65. The molecule has 1 heterocycles. The van der Waals surface area contributed by atoms with Crippen LogP contribution in [0.5, 0.6) is 0 Å². The van der Waals surface area contributed by atoms with E-state index >= 15 is 0 Å². The van der Waals surface area contributed by atoms with Gasteiger partial charge in [-0.2, -0.15) is 4.31 Å². The van der Waals surface area contributed by atoms with Crippen LogP contribution in [-0.4, -0.2) is 25.8 Å². The molecule has 1 atom stereocenters. The lowest BCUT2D eigenvalue weighted by Gasteiger charge is -2.30. The van der Waals surface area contributed by atoms with Crippen molar-refractivity contribution in [2.75, 3.05) is 13.1 Å². The molecule has 0 amide bonds. The van der Waals surface area contributed by atoms with Crippen LogP contribution in [0.3, 0.4) is 0 Å². The Kier molecular flexibility index (Phi) is 4.32. The van der Waals surface area contributed by atoms with Gasteiger partial charge in [0.05, 0.1) is 4.90 Å². The molecule has 2 aromatic carbocycles. The highest BCUT2D eigenvalue weighted by Gasteiger charge is 2.28. The fourth-order valence-corrected chi connectivity index (χ4v) is 4.56. The van der Waals surface area contributed by atoms with E-state index in [0.29, 0.717) is 23.9 Å². The van der Waals surface area contributed by atoms with Gasteiger partial charge in [-0.15, -0.1) is 0 Å². The van der Waals surface area contributed by atoms with Crippen molar-refractivity contribution < 1.29 is 8.42 Å². The maximum Gasteiger partial charge on any atom is 0.243 e. The molecule has 0 bridgehead atoms. The Bertz CT molecular complexity index is 723. The molecule has 1 fully saturated rings. The van der Waals surface area contributed by atoms with Crippen molar-refractivity contribution in [3.63, 3.8) is 0 Å². The summed E-state index contributed by atoms with van der Waals surface area (Å²) in [5, 5.41) is 0. The van der Waals surface area contributed by atoms with Gasteiger partial charge in [0.15, 0.2) is 0 Å². The normalized spacial score (nSPS) is 20.0. The molecule has 3 nitrogen and oxygen atoms in total. The second kappa shape index (κ2) is 6.23. The van der Waals surface area contributed by atoms with Gasteiger partial charge in [0.2, 0.25) is 10.0 Å². The first-order valence-corrected chi connectivity index (χ1v) is 9.17. The first-order valence-electron chi connectivity index (χ1n) is 7.73. The predicted octanol–water partition coefficient (Wildman–Crippen LogP) is 3.77. The van der Waals surface area contributed by atoms with E-state index in [1.807, 2.05) is 42.5 Å². The van der Waals surface area contributed by atoms with E-state index in [-0.39, 0.29) is 0 Å². The minimum atomic E-state index is -3.36. The summed E-state index contributed by atoms with van der Waals surface area (Å²) in [4.78, 5) is 0.390. The minimum Gasteiger partial charge on any atom is -0.207 e. The molecule has 4 heteroatoms. The molecule has 22 heavy (non-hydrogen) atoms. The van der Waals surface area contributed by atoms with Crippen molar-refractivity contribution in [2.45, 2.75) is 24.7 Å². The molecule has 0 radical (unpaired) electrons. The van der Waals surface area contributed by atoms with E-state index in [1.165, 1.54) is 0 Å². The van der Waals surface area contributed by atoms with Crippen molar-refractivity contribution >= 4 is 10.0 Å². The number of piperidine rings is 1. The lowest BCUT2D eigenvalue weighted by molar-refractivity contribution is 0.281. The van der Waals surface area contributed by atoms with E-state index in [2.05, 4.69) is 6.92 Å². The van der Waals surface area contributed by atoms with Gasteiger partial charge in [-0.3, -0.25) is 0 Å². The lowest BCUT2D eigenvalue weighted by atomic mass is 10.0. The SMILES string of the molecule is CC1CCCN(S(=O)(=O)c2ccc(-c3ccccc3)cc2)C1. The number of rotatable bonds is 3. The Morgan fingerprint density at radius 3 is 2.23 bits per heavy atom. The average Bonchev–Trinajstić information content (AvgIpc) is 2.56. The van der Waals surface area contributed by atoms with Gasteiger partial charge < -0.3 is 0 Å². The van der Waals surface area contributed by atoms with E-state index in [4.69, 9.17) is 0 Å². The molecule has 1 aliphatic rings. The number of hydrogen-bond donors (Lipinski definition) is 0. The summed E-state index contributed by atoms with van der Waals surface area (Å²) in [5.74, 6) is 0.437. The summed E-state index contributed by atoms with van der Waals surface area (Å²) in [6.45, 7) is 3.37. The van der Waals surface area contributed by atoms with E-state index < -0.39 is 10.0 Å². The number of nitrogens with zero attached hydrogens (tertiary/aromatic N) is 1. The van der Waals surface area contributed by atoms with E-state index in [0.717, 1.165) is 24.0 Å². The van der Waals surface area contributed by atoms with Crippen LogP contribution in [0, 0.1) is 5.92 Å². The third-order valence-corrected chi connectivity index (χ3v) is 6.10. The first-order chi connectivity index (χ1) is 10.6. The van der Waals surface area contributed by atoms with Gasteiger partial charge in [0, 0.05) is 13.1 Å². The molecule has 116 valence electrons. The topological polar surface area (TPSA) is 37.4 Å². The molecule has 0 aliphatic carbocycles.